The number of amides is 1. The summed E-state index contributed by atoms with van der Waals surface area (Å²) in [5, 5.41) is 12.3. The van der Waals surface area contributed by atoms with Crippen LogP contribution in [0, 0.1) is 6.92 Å². The zero-order valence-electron chi connectivity index (χ0n) is 11.8. The van der Waals surface area contributed by atoms with Crippen molar-refractivity contribution in [3.05, 3.63) is 35.5 Å². The number of benzene rings is 1. The Labute approximate surface area is 117 Å². The number of carbonyl (C=O) groups is 2. The van der Waals surface area contributed by atoms with E-state index in [-0.39, 0.29) is 12.3 Å². The number of hydrogen-bond acceptors (Lipinski definition) is 2. The van der Waals surface area contributed by atoms with E-state index in [2.05, 4.69) is 5.32 Å². The van der Waals surface area contributed by atoms with Crippen molar-refractivity contribution in [1.29, 1.82) is 0 Å². The Kier molecular flexibility index (Phi) is 3.79. The Morgan fingerprint density at radius 3 is 2.65 bits per heavy atom. The molecule has 1 heterocycles. The molecule has 1 unspecified atom stereocenters. The van der Waals surface area contributed by atoms with Gasteiger partial charge in [0.25, 0.3) is 0 Å². The number of rotatable bonds is 4. The van der Waals surface area contributed by atoms with Crippen LogP contribution < -0.4 is 5.32 Å². The van der Waals surface area contributed by atoms with Gasteiger partial charge in [0, 0.05) is 23.6 Å². The molecule has 1 aromatic carbocycles. The molecule has 0 spiro atoms. The van der Waals surface area contributed by atoms with Gasteiger partial charge in [0.05, 0.1) is 6.42 Å². The summed E-state index contributed by atoms with van der Waals surface area (Å²) in [6.45, 7) is 3.42. The number of aliphatic carboxylic acids is 1. The highest BCUT2D eigenvalue weighted by Gasteiger charge is 2.18. The van der Waals surface area contributed by atoms with Gasteiger partial charge in [-0.1, -0.05) is 18.2 Å². The van der Waals surface area contributed by atoms with Crippen LogP contribution in [0.3, 0.4) is 0 Å². The topological polar surface area (TPSA) is 71.3 Å². The van der Waals surface area contributed by atoms with Crippen LogP contribution in [0.1, 0.15) is 18.2 Å². The monoisotopic (exact) mass is 274 g/mol. The Bertz CT molecular complexity index is 673. The van der Waals surface area contributed by atoms with Crippen LogP contribution in [0.2, 0.25) is 0 Å². The first-order chi connectivity index (χ1) is 9.41. The zero-order chi connectivity index (χ0) is 14.9. The Balaban J connectivity index is 2.28. The van der Waals surface area contributed by atoms with Gasteiger partial charge in [-0.25, -0.2) is 0 Å². The minimum atomic E-state index is -1.03. The van der Waals surface area contributed by atoms with Gasteiger partial charge in [0.1, 0.15) is 6.04 Å². The largest absolute Gasteiger partial charge is 0.480 e. The maximum absolute atomic E-state index is 11.9. The summed E-state index contributed by atoms with van der Waals surface area (Å²) in [6, 6.07) is 6.99. The number of aromatic nitrogens is 1. The lowest BCUT2D eigenvalue weighted by molar-refractivity contribution is -0.141. The number of fused-ring (bicyclic) bond motifs is 1. The molecule has 0 bridgehead atoms. The van der Waals surface area contributed by atoms with Gasteiger partial charge in [-0.15, -0.1) is 0 Å². The van der Waals surface area contributed by atoms with Gasteiger partial charge in [-0.2, -0.15) is 0 Å². The van der Waals surface area contributed by atoms with Crippen molar-refractivity contribution in [2.45, 2.75) is 26.3 Å². The molecule has 1 amide bonds. The molecule has 20 heavy (non-hydrogen) atoms. The third-order valence-corrected chi connectivity index (χ3v) is 3.62. The van der Waals surface area contributed by atoms with Crippen LogP contribution in [-0.4, -0.2) is 27.6 Å². The molecule has 0 aliphatic rings. The average molecular weight is 274 g/mol. The minimum Gasteiger partial charge on any atom is -0.480 e. The standard InChI is InChI=1S/C15H18N2O3/c1-9(15(19)20)16-14(18)8-12-10(2)17(3)13-7-5-4-6-11(12)13/h4-7,9H,8H2,1-3H3,(H,16,18)(H,19,20). The van der Waals surface area contributed by atoms with E-state index in [9.17, 15) is 9.59 Å². The first-order valence-corrected chi connectivity index (χ1v) is 6.47. The molecule has 2 N–H and O–H groups in total. The van der Waals surface area contributed by atoms with Crippen molar-refractivity contribution >= 4 is 22.8 Å². The van der Waals surface area contributed by atoms with Crippen molar-refractivity contribution in [3.63, 3.8) is 0 Å². The lowest BCUT2D eigenvalue weighted by Gasteiger charge is -2.09. The summed E-state index contributed by atoms with van der Waals surface area (Å²) in [7, 11) is 1.96. The van der Waals surface area contributed by atoms with Gasteiger partial charge in [-0.3, -0.25) is 9.59 Å². The summed E-state index contributed by atoms with van der Waals surface area (Å²) in [5.74, 6) is -1.31. The van der Waals surface area contributed by atoms with Crippen LogP contribution in [0.25, 0.3) is 10.9 Å². The summed E-state index contributed by atoms with van der Waals surface area (Å²) < 4.78 is 2.04. The predicted molar refractivity (Wildman–Crippen MR) is 76.6 cm³/mol. The summed E-state index contributed by atoms with van der Waals surface area (Å²) in [5.41, 5.74) is 3.03. The fourth-order valence-corrected chi connectivity index (χ4v) is 2.34. The maximum Gasteiger partial charge on any atom is 0.325 e. The van der Waals surface area contributed by atoms with Crippen LogP contribution in [0.4, 0.5) is 0 Å². The lowest BCUT2D eigenvalue weighted by Crippen LogP contribution is -2.39. The molecule has 1 aromatic heterocycles. The van der Waals surface area contributed by atoms with Gasteiger partial charge >= 0.3 is 5.97 Å². The predicted octanol–water partition coefficient (Wildman–Crippen LogP) is 1.62. The molecular weight excluding hydrogens is 256 g/mol. The minimum absolute atomic E-state index is 0.185. The van der Waals surface area contributed by atoms with E-state index in [0.717, 1.165) is 22.2 Å². The highest BCUT2D eigenvalue weighted by atomic mass is 16.4. The summed E-state index contributed by atoms with van der Waals surface area (Å²) in [4.78, 5) is 22.7. The van der Waals surface area contributed by atoms with Crippen LogP contribution in [-0.2, 0) is 23.1 Å². The summed E-state index contributed by atoms with van der Waals surface area (Å²) >= 11 is 0. The average Bonchev–Trinajstić information content (AvgIpc) is 2.64. The van der Waals surface area contributed by atoms with Crippen LogP contribution in [0.5, 0.6) is 0 Å². The second-order valence-corrected chi connectivity index (χ2v) is 4.94. The smallest absolute Gasteiger partial charge is 0.325 e. The number of carboxylic acid groups (broad SMARTS) is 1. The van der Waals surface area contributed by atoms with Crippen molar-refractivity contribution in [2.24, 2.45) is 7.05 Å². The first kappa shape index (κ1) is 14.1. The number of hydrogen-bond donors (Lipinski definition) is 2. The molecular formula is C15H18N2O3. The molecule has 0 aliphatic heterocycles. The van der Waals surface area contributed by atoms with E-state index in [4.69, 9.17) is 5.11 Å². The van der Waals surface area contributed by atoms with Crippen molar-refractivity contribution in [2.75, 3.05) is 0 Å². The maximum atomic E-state index is 11.9. The lowest BCUT2D eigenvalue weighted by atomic mass is 10.1. The van der Waals surface area contributed by atoms with Gasteiger partial charge < -0.3 is 15.0 Å². The normalized spacial score (nSPS) is 12.3. The number of aryl methyl sites for hydroxylation is 1. The van der Waals surface area contributed by atoms with Crippen molar-refractivity contribution < 1.29 is 14.7 Å². The van der Waals surface area contributed by atoms with E-state index in [1.54, 1.807) is 0 Å². The quantitative estimate of drug-likeness (QED) is 0.890. The van der Waals surface area contributed by atoms with E-state index < -0.39 is 12.0 Å². The molecule has 0 saturated heterocycles. The van der Waals surface area contributed by atoms with Crippen molar-refractivity contribution in [3.8, 4) is 0 Å². The van der Waals surface area contributed by atoms with E-state index >= 15 is 0 Å². The Morgan fingerprint density at radius 1 is 1.35 bits per heavy atom. The van der Waals surface area contributed by atoms with E-state index in [1.165, 1.54) is 6.92 Å². The van der Waals surface area contributed by atoms with Crippen molar-refractivity contribution in [1.82, 2.24) is 9.88 Å². The van der Waals surface area contributed by atoms with Gasteiger partial charge in [0.2, 0.25) is 5.91 Å². The van der Waals surface area contributed by atoms with E-state index in [0.29, 0.717) is 0 Å². The molecule has 0 radical (unpaired) electrons. The summed E-state index contributed by atoms with van der Waals surface area (Å²) in [6.07, 6.45) is 0.185. The Morgan fingerprint density at radius 2 is 2.00 bits per heavy atom. The molecule has 1 atom stereocenters. The molecule has 5 nitrogen and oxygen atoms in total. The second-order valence-electron chi connectivity index (χ2n) is 4.94. The second kappa shape index (κ2) is 5.36. The molecule has 106 valence electrons. The SMILES string of the molecule is Cc1c(CC(=O)NC(C)C(=O)O)c2ccccc2n1C. The molecule has 5 heteroatoms. The highest BCUT2D eigenvalue weighted by Crippen LogP contribution is 2.25. The fourth-order valence-electron chi connectivity index (χ4n) is 2.34. The molecule has 2 aromatic rings. The molecule has 2 rings (SSSR count). The van der Waals surface area contributed by atoms with E-state index in [1.807, 2.05) is 42.8 Å². The fraction of sp³-hybridized carbons (Fsp3) is 0.333. The molecule has 0 aliphatic carbocycles. The third-order valence-electron chi connectivity index (χ3n) is 3.62. The third kappa shape index (κ3) is 2.52. The molecule has 0 saturated carbocycles. The molecule has 0 fully saturated rings. The Hall–Kier alpha value is -2.30. The number of nitrogens with one attached hydrogen (secondary N) is 1. The number of carboxylic acids is 1. The van der Waals surface area contributed by atoms with Gasteiger partial charge in [0.15, 0.2) is 0 Å². The van der Waals surface area contributed by atoms with Gasteiger partial charge in [-0.05, 0) is 25.5 Å². The highest BCUT2D eigenvalue weighted by molar-refractivity contribution is 5.91. The number of carbonyl (C=O) groups excluding carboxylic acids is 1. The number of nitrogens with zero attached hydrogens (tertiary/aromatic N) is 1. The first-order valence-electron chi connectivity index (χ1n) is 6.47. The van der Waals surface area contributed by atoms with Crippen LogP contribution >= 0.6 is 0 Å². The zero-order valence-corrected chi connectivity index (χ0v) is 11.8. The number of para-hydroxylation sites is 1. The van der Waals surface area contributed by atoms with Crippen LogP contribution in [0.15, 0.2) is 24.3 Å².